The fraction of sp³-hybridized carbons (Fsp3) is 0. The smallest absolute Gasteiger partial charge is 0.337 e. The summed E-state index contributed by atoms with van der Waals surface area (Å²) in [6.07, 6.45) is 0.938. The molecule has 0 fully saturated rings. The van der Waals surface area contributed by atoms with Crippen LogP contribution in [0.15, 0.2) is 45.7 Å². The van der Waals surface area contributed by atoms with Gasteiger partial charge in [0.25, 0.3) is 10.0 Å². The first-order valence-electron chi connectivity index (χ1n) is 6.48. The van der Waals surface area contributed by atoms with E-state index in [-0.39, 0.29) is 31.6 Å². The van der Waals surface area contributed by atoms with Gasteiger partial charge in [0.05, 0.1) is 26.1 Å². The summed E-state index contributed by atoms with van der Waals surface area (Å²) in [7, 11) is -4.21. The molecule has 0 amide bonds. The van der Waals surface area contributed by atoms with Gasteiger partial charge in [-0.15, -0.1) is 0 Å². The monoisotopic (exact) mass is 401 g/mol. The summed E-state index contributed by atoms with van der Waals surface area (Å²) in [5, 5.41) is 17.9. The van der Waals surface area contributed by atoms with Crippen LogP contribution in [0.25, 0.3) is 0 Å². The van der Waals surface area contributed by atoms with Crippen LogP contribution in [0.3, 0.4) is 0 Å². The number of aromatic carboxylic acids is 2. The van der Waals surface area contributed by atoms with Gasteiger partial charge in [-0.25, -0.2) is 9.59 Å². The van der Waals surface area contributed by atoms with E-state index in [1.807, 2.05) is 0 Å². The van der Waals surface area contributed by atoms with Crippen molar-refractivity contribution in [1.29, 1.82) is 0 Å². The Balaban J connectivity index is 2.41. The van der Waals surface area contributed by atoms with Crippen molar-refractivity contribution in [2.45, 2.75) is 4.90 Å². The molecule has 0 bridgehead atoms. The first-order valence-corrected chi connectivity index (χ1v) is 8.67. The maximum absolute atomic E-state index is 12.2. The van der Waals surface area contributed by atoms with Gasteiger partial charge in [-0.05, 0) is 35.9 Å². The highest BCUT2D eigenvalue weighted by Crippen LogP contribution is 2.22. The van der Waals surface area contributed by atoms with Crippen LogP contribution >= 0.6 is 23.2 Å². The van der Waals surface area contributed by atoms with E-state index in [2.05, 4.69) is 4.40 Å². The van der Waals surface area contributed by atoms with Crippen LogP contribution in [-0.2, 0) is 10.0 Å². The van der Waals surface area contributed by atoms with Crippen molar-refractivity contribution in [3.05, 3.63) is 63.1 Å². The second-order valence-corrected chi connectivity index (χ2v) is 7.15. The van der Waals surface area contributed by atoms with Gasteiger partial charge in [0.1, 0.15) is 0 Å². The van der Waals surface area contributed by atoms with Crippen LogP contribution in [0.2, 0.25) is 10.0 Å². The lowest BCUT2D eigenvalue weighted by Crippen LogP contribution is -2.03. The number of carboxylic acids is 2. The van der Waals surface area contributed by atoms with Gasteiger partial charge in [0, 0.05) is 6.21 Å². The van der Waals surface area contributed by atoms with Crippen LogP contribution in [0, 0.1) is 0 Å². The fourth-order valence-electron chi connectivity index (χ4n) is 1.81. The summed E-state index contributed by atoms with van der Waals surface area (Å²) in [5.41, 5.74) is -0.391. The van der Waals surface area contributed by atoms with Crippen molar-refractivity contribution in [2.75, 3.05) is 0 Å². The van der Waals surface area contributed by atoms with Gasteiger partial charge in [0.15, 0.2) is 0 Å². The number of rotatable bonds is 5. The van der Waals surface area contributed by atoms with E-state index in [0.717, 1.165) is 30.5 Å². The highest BCUT2D eigenvalue weighted by molar-refractivity contribution is 7.90. The first-order chi connectivity index (χ1) is 11.6. The third-order valence-corrected chi connectivity index (χ3v) is 4.92. The van der Waals surface area contributed by atoms with Crippen LogP contribution in [0.5, 0.6) is 0 Å². The molecule has 0 aliphatic carbocycles. The van der Waals surface area contributed by atoms with E-state index >= 15 is 0 Å². The molecule has 7 nitrogen and oxygen atoms in total. The Morgan fingerprint density at radius 2 is 1.44 bits per heavy atom. The van der Waals surface area contributed by atoms with Crippen molar-refractivity contribution < 1.29 is 28.2 Å². The van der Waals surface area contributed by atoms with Crippen molar-refractivity contribution in [2.24, 2.45) is 4.40 Å². The van der Waals surface area contributed by atoms with Gasteiger partial charge >= 0.3 is 11.9 Å². The van der Waals surface area contributed by atoms with Gasteiger partial charge in [0.2, 0.25) is 0 Å². The number of hydrogen-bond acceptors (Lipinski definition) is 4. The van der Waals surface area contributed by atoms with E-state index in [0.29, 0.717) is 0 Å². The average Bonchev–Trinajstić information content (AvgIpc) is 2.53. The Kier molecular flexibility index (Phi) is 5.46. The number of carbonyl (C=O) groups is 2. The standard InChI is InChI=1S/C15H9Cl2NO6S/c16-12-3-1-8(5-10(12)14(19)20)7-18-25(23,24)9-2-4-13(17)11(6-9)15(21)22/h1-7H,(H,19,20)(H,21,22)/b18-7+. The molecular weight excluding hydrogens is 393 g/mol. The predicted molar refractivity (Wildman–Crippen MR) is 91.6 cm³/mol. The molecule has 0 saturated carbocycles. The maximum atomic E-state index is 12.2. The Bertz CT molecular complexity index is 1000. The lowest BCUT2D eigenvalue weighted by Gasteiger charge is -2.03. The minimum atomic E-state index is -4.21. The molecule has 0 unspecified atom stereocenters. The molecule has 0 saturated heterocycles. The molecule has 0 radical (unpaired) electrons. The minimum absolute atomic E-state index is 0.00342. The molecule has 2 rings (SSSR count). The lowest BCUT2D eigenvalue weighted by molar-refractivity contribution is 0.0686. The van der Waals surface area contributed by atoms with Gasteiger partial charge in [-0.3, -0.25) is 0 Å². The number of carboxylic acid groups (broad SMARTS) is 2. The minimum Gasteiger partial charge on any atom is -0.478 e. The molecule has 0 aliphatic heterocycles. The quantitative estimate of drug-likeness (QED) is 0.741. The van der Waals surface area contributed by atoms with Crippen molar-refractivity contribution in [3.8, 4) is 0 Å². The van der Waals surface area contributed by atoms with E-state index in [1.54, 1.807) is 0 Å². The zero-order chi connectivity index (χ0) is 18.8. The van der Waals surface area contributed by atoms with Gasteiger partial charge < -0.3 is 10.2 Å². The molecular formula is C15H9Cl2NO6S. The van der Waals surface area contributed by atoms with E-state index in [4.69, 9.17) is 33.4 Å². The lowest BCUT2D eigenvalue weighted by atomic mass is 10.1. The molecule has 10 heteroatoms. The third kappa shape index (κ3) is 4.36. The summed E-state index contributed by atoms with van der Waals surface area (Å²) in [4.78, 5) is 21.7. The number of benzene rings is 2. The highest BCUT2D eigenvalue weighted by atomic mass is 35.5. The zero-order valence-corrected chi connectivity index (χ0v) is 14.5. The van der Waals surface area contributed by atoms with Crippen molar-refractivity contribution in [3.63, 3.8) is 0 Å². The molecule has 2 aromatic carbocycles. The number of sulfonamides is 1. The summed E-state index contributed by atoms with van der Waals surface area (Å²) in [6, 6.07) is 6.99. The number of hydrogen-bond donors (Lipinski definition) is 2. The molecule has 2 aromatic rings. The van der Waals surface area contributed by atoms with Crippen LogP contribution in [0.4, 0.5) is 0 Å². The predicted octanol–water partition coefficient (Wildman–Crippen LogP) is 3.20. The third-order valence-electron chi connectivity index (χ3n) is 3.03. The average molecular weight is 402 g/mol. The summed E-state index contributed by atoms with van der Waals surface area (Å²) in [5.74, 6) is -2.65. The molecule has 130 valence electrons. The van der Waals surface area contributed by atoms with Crippen molar-refractivity contribution >= 4 is 51.4 Å². The largest absolute Gasteiger partial charge is 0.478 e. The van der Waals surface area contributed by atoms with E-state index < -0.39 is 22.0 Å². The molecule has 0 spiro atoms. The Morgan fingerprint density at radius 3 is 2.00 bits per heavy atom. The number of halogens is 2. The van der Waals surface area contributed by atoms with Crippen molar-refractivity contribution in [1.82, 2.24) is 0 Å². The fourth-order valence-corrected chi connectivity index (χ4v) is 3.09. The van der Waals surface area contributed by atoms with Gasteiger partial charge in [-0.2, -0.15) is 12.8 Å². The van der Waals surface area contributed by atoms with Crippen LogP contribution in [0.1, 0.15) is 26.3 Å². The Morgan fingerprint density at radius 1 is 0.920 bits per heavy atom. The highest BCUT2D eigenvalue weighted by Gasteiger charge is 2.17. The summed E-state index contributed by atoms with van der Waals surface area (Å²) in [6.45, 7) is 0. The first kappa shape index (κ1) is 18.9. The summed E-state index contributed by atoms with van der Waals surface area (Å²) < 4.78 is 27.8. The van der Waals surface area contributed by atoms with E-state index in [9.17, 15) is 18.0 Å². The SMILES string of the molecule is O=C(O)c1cc(/C=N/S(=O)(=O)c2ccc(Cl)c(C(=O)O)c2)ccc1Cl. The maximum Gasteiger partial charge on any atom is 0.337 e. The van der Waals surface area contributed by atoms with Crippen LogP contribution < -0.4 is 0 Å². The Hall–Kier alpha value is -2.42. The molecule has 0 heterocycles. The molecule has 2 N–H and O–H groups in total. The summed E-state index contributed by atoms with van der Waals surface area (Å²) >= 11 is 11.4. The molecule has 0 aliphatic rings. The molecule has 0 atom stereocenters. The van der Waals surface area contributed by atoms with Crippen LogP contribution in [-0.4, -0.2) is 36.8 Å². The normalized spacial score (nSPS) is 11.6. The second kappa shape index (κ2) is 7.22. The zero-order valence-electron chi connectivity index (χ0n) is 12.2. The molecule has 25 heavy (non-hydrogen) atoms. The Labute approximate surface area is 152 Å². The number of nitrogens with zero attached hydrogens (tertiary/aromatic N) is 1. The van der Waals surface area contributed by atoms with Gasteiger partial charge in [-0.1, -0.05) is 29.3 Å². The topological polar surface area (TPSA) is 121 Å². The van der Waals surface area contributed by atoms with E-state index in [1.165, 1.54) is 12.1 Å². The molecule has 0 aromatic heterocycles. The second-order valence-electron chi connectivity index (χ2n) is 4.70.